The fourth-order valence-corrected chi connectivity index (χ4v) is 3.13. The number of hydrogen-bond donors (Lipinski definition) is 1. The molecule has 0 bridgehead atoms. The normalized spacial score (nSPS) is 22.8. The Labute approximate surface area is 123 Å². The summed E-state index contributed by atoms with van der Waals surface area (Å²) in [7, 11) is 1.72. The quantitative estimate of drug-likeness (QED) is 0.934. The third-order valence-corrected chi connectivity index (χ3v) is 4.41. The summed E-state index contributed by atoms with van der Waals surface area (Å²) in [6, 6.07) is 8.43. The van der Waals surface area contributed by atoms with Crippen LogP contribution in [0.15, 0.2) is 28.8 Å². The Kier molecular flexibility index (Phi) is 3.24. The second-order valence-electron chi connectivity index (χ2n) is 5.87. The maximum Gasteiger partial charge on any atom is 0.235 e. The van der Waals surface area contributed by atoms with Crippen molar-refractivity contribution in [3.63, 3.8) is 0 Å². The zero-order valence-corrected chi connectivity index (χ0v) is 12.1. The topological polar surface area (TPSA) is 60.2 Å². The first-order chi connectivity index (χ1) is 10.4. The maximum absolute atomic E-state index is 5.54. The Hall–Kier alpha value is -1.72. The van der Waals surface area contributed by atoms with Gasteiger partial charge in [-0.25, -0.2) is 0 Å². The number of nitrogens with one attached hydrogen (secondary N) is 1. The largest absolute Gasteiger partial charge is 0.373 e. The van der Waals surface area contributed by atoms with E-state index >= 15 is 0 Å². The van der Waals surface area contributed by atoms with Gasteiger partial charge >= 0.3 is 0 Å². The van der Waals surface area contributed by atoms with Crippen molar-refractivity contribution in [2.24, 2.45) is 5.92 Å². The standard InChI is InChI=1S/C16H19N3O2/c1-20-14(10-6-7-10)15-18-16(21-19-15)13-9-17-8-11-4-2-3-5-12(11)13/h2-5,10,13-14,17H,6-9H2,1H3. The molecule has 2 heterocycles. The average molecular weight is 285 g/mol. The predicted molar refractivity (Wildman–Crippen MR) is 76.8 cm³/mol. The molecule has 2 atom stereocenters. The summed E-state index contributed by atoms with van der Waals surface area (Å²) in [5.74, 6) is 2.07. The van der Waals surface area contributed by atoms with Crippen LogP contribution in [0.1, 0.15) is 47.7 Å². The Morgan fingerprint density at radius 1 is 1.33 bits per heavy atom. The summed E-state index contributed by atoms with van der Waals surface area (Å²) in [6.07, 6.45) is 2.36. The van der Waals surface area contributed by atoms with Crippen LogP contribution in [0.4, 0.5) is 0 Å². The van der Waals surface area contributed by atoms with Gasteiger partial charge in [-0.15, -0.1) is 0 Å². The Morgan fingerprint density at radius 3 is 3.00 bits per heavy atom. The van der Waals surface area contributed by atoms with Gasteiger partial charge in [-0.3, -0.25) is 0 Å². The van der Waals surface area contributed by atoms with Gasteiger partial charge in [0.15, 0.2) is 0 Å². The second-order valence-corrected chi connectivity index (χ2v) is 5.87. The van der Waals surface area contributed by atoms with E-state index in [1.54, 1.807) is 7.11 Å². The molecule has 1 N–H and O–H groups in total. The Balaban J connectivity index is 1.64. The third kappa shape index (κ3) is 2.36. The molecule has 0 saturated heterocycles. The van der Waals surface area contributed by atoms with Crippen molar-refractivity contribution in [1.82, 2.24) is 15.5 Å². The van der Waals surface area contributed by atoms with E-state index in [1.807, 2.05) is 0 Å². The van der Waals surface area contributed by atoms with Crippen molar-refractivity contribution >= 4 is 0 Å². The lowest BCUT2D eigenvalue weighted by atomic mass is 9.91. The summed E-state index contributed by atoms with van der Waals surface area (Å²) < 4.78 is 11.1. The van der Waals surface area contributed by atoms with Crippen molar-refractivity contribution < 1.29 is 9.26 Å². The smallest absolute Gasteiger partial charge is 0.235 e. The zero-order valence-electron chi connectivity index (χ0n) is 12.1. The van der Waals surface area contributed by atoms with E-state index in [4.69, 9.17) is 9.26 Å². The molecule has 21 heavy (non-hydrogen) atoms. The lowest BCUT2D eigenvalue weighted by molar-refractivity contribution is 0.0751. The van der Waals surface area contributed by atoms with Crippen LogP contribution in [0.25, 0.3) is 0 Å². The lowest BCUT2D eigenvalue weighted by Gasteiger charge is -2.23. The summed E-state index contributed by atoms with van der Waals surface area (Å²) >= 11 is 0. The molecule has 1 aromatic carbocycles. The van der Waals surface area contributed by atoms with Crippen LogP contribution in [0, 0.1) is 5.92 Å². The van der Waals surface area contributed by atoms with Gasteiger partial charge in [0.1, 0.15) is 6.10 Å². The van der Waals surface area contributed by atoms with E-state index in [0.29, 0.717) is 17.6 Å². The summed E-state index contributed by atoms with van der Waals surface area (Å²) in [5.41, 5.74) is 2.59. The molecule has 5 nitrogen and oxygen atoms in total. The van der Waals surface area contributed by atoms with Crippen molar-refractivity contribution in [2.45, 2.75) is 31.4 Å². The number of aromatic nitrogens is 2. The van der Waals surface area contributed by atoms with Crippen LogP contribution in [0.5, 0.6) is 0 Å². The van der Waals surface area contributed by atoms with E-state index in [2.05, 4.69) is 39.7 Å². The number of rotatable bonds is 4. The van der Waals surface area contributed by atoms with E-state index in [0.717, 1.165) is 13.1 Å². The number of nitrogens with zero attached hydrogens (tertiary/aromatic N) is 2. The van der Waals surface area contributed by atoms with Crippen molar-refractivity contribution in [3.05, 3.63) is 47.1 Å². The molecule has 2 aromatic rings. The molecule has 110 valence electrons. The fraction of sp³-hybridized carbons (Fsp3) is 0.500. The van der Waals surface area contributed by atoms with E-state index in [1.165, 1.54) is 24.0 Å². The van der Waals surface area contributed by atoms with Gasteiger partial charge in [0, 0.05) is 20.2 Å². The SMILES string of the molecule is COC(c1noc(C2CNCc3ccccc32)n1)C1CC1. The monoisotopic (exact) mass is 285 g/mol. The molecule has 1 aliphatic heterocycles. The lowest BCUT2D eigenvalue weighted by Crippen LogP contribution is -2.28. The molecule has 1 aliphatic carbocycles. The van der Waals surface area contributed by atoms with E-state index in [9.17, 15) is 0 Å². The van der Waals surface area contributed by atoms with Crippen LogP contribution in [-0.4, -0.2) is 23.8 Å². The third-order valence-electron chi connectivity index (χ3n) is 4.41. The zero-order chi connectivity index (χ0) is 14.2. The van der Waals surface area contributed by atoms with Crippen molar-refractivity contribution in [1.29, 1.82) is 0 Å². The summed E-state index contributed by atoms with van der Waals surface area (Å²) in [6.45, 7) is 1.73. The van der Waals surface area contributed by atoms with Gasteiger partial charge in [0.2, 0.25) is 11.7 Å². The molecule has 1 fully saturated rings. The number of methoxy groups -OCH3 is 1. The molecule has 5 heteroatoms. The highest BCUT2D eigenvalue weighted by atomic mass is 16.5. The molecule has 1 saturated carbocycles. The highest BCUT2D eigenvalue weighted by Gasteiger charge is 2.36. The Morgan fingerprint density at radius 2 is 2.19 bits per heavy atom. The van der Waals surface area contributed by atoms with Gasteiger partial charge in [-0.1, -0.05) is 29.4 Å². The van der Waals surface area contributed by atoms with E-state index < -0.39 is 0 Å². The van der Waals surface area contributed by atoms with Crippen LogP contribution in [0.3, 0.4) is 0 Å². The van der Waals surface area contributed by atoms with Crippen LogP contribution in [-0.2, 0) is 11.3 Å². The van der Waals surface area contributed by atoms with Gasteiger partial charge < -0.3 is 14.6 Å². The first-order valence-corrected chi connectivity index (χ1v) is 7.51. The summed E-state index contributed by atoms with van der Waals surface area (Å²) in [4.78, 5) is 4.62. The van der Waals surface area contributed by atoms with Crippen molar-refractivity contribution in [3.8, 4) is 0 Å². The molecule has 2 aliphatic rings. The minimum absolute atomic E-state index is 0.0192. The summed E-state index contributed by atoms with van der Waals surface area (Å²) in [5, 5.41) is 7.58. The highest BCUT2D eigenvalue weighted by Crippen LogP contribution is 2.42. The van der Waals surface area contributed by atoms with E-state index in [-0.39, 0.29) is 12.0 Å². The molecule has 2 unspecified atom stereocenters. The van der Waals surface area contributed by atoms with Gasteiger partial charge in [0.05, 0.1) is 5.92 Å². The molecule has 0 radical (unpaired) electrons. The Bertz CT molecular complexity index is 636. The first kappa shape index (κ1) is 13.0. The second kappa shape index (κ2) is 5.24. The molecule has 1 aromatic heterocycles. The predicted octanol–water partition coefficient (Wildman–Crippen LogP) is 2.40. The first-order valence-electron chi connectivity index (χ1n) is 7.51. The highest BCUT2D eigenvalue weighted by molar-refractivity contribution is 5.35. The number of fused-ring (bicyclic) bond motifs is 1. The maximum atomic E-state index is 5.54. The number of hydrogen-bond acceptors (Lipinski definition) is 5. The molecule has 0 spiro atoms. The fourth-order valence-electron chi connectivity index (χ4n) is 3.13. The van der Waals surface area contributed by atoms with Gasteiger partial charge in [-0.05, 0) is 29.9 Å². The minimum atomic E-state index is -0.0192. The minimum Gasteiger partial charge on any atom is -0.373 e. The number of ether oxygens (including phenoxy) is 1. The van der Waals surface area contributed by atoms with Crippen molar-refractivity contribution in [2.75, 3.05) is 13.7 Å². The van der Waals surface area contributed by atoms with Crippen LogP contribution >= 0.6 is 0 Å². The molecule has 0 amide bonds. The van der Waals surface area contributed by atoms with Crippen LogP contribution < -0.4 is 5.32 Å². The molecular weight excluding hydrogens is 266 g/mol. The van der Waals surface area contributed by atoms with Crippen LogP contribution in [0.2, 0.25) is 0 Å². The molecule has 4 rings (SSSR count). The van der Waals surface area contributed by atoms with Gasteiger partial charge in [0.25, 0.3) is 0 Å². The number of benzene rings is 1. The average Bonchev–Trinajstić information content (AvgIpc) is 3.25. The van der Waals surface area contributed by atoms with Gasteiger partial charge in [-0.2, -0.15) is 4.98 Å². The molecular formula is C16H19N3O2.